The predicted octanol–water partition coefficient (Wildman–Crippen LogP) is 3.78. The Labute approximate surface area is 151 Å². The molecule has 144 valence electrons. The van der Waals surface area contributed by atoms with Crippen LogP contribution in [0, 0.1) is 11.3 Å². The van der Waals surface area contributed by atoms with Gasteiger partial charge in [0.1, 0.15) is 0 Å². The molecule has 0 radical (unpaired) electrons. The number of nitrogens with zero attached hydrogens (tertiary/aromatic N) is 1. The highest BCUT2D eigenvalue weighted by molar-refractivity contribution is 5.91. The van der Waals surface area contributed by atoms with E-state index in [-0.39, 0.29) is 30.5 Å². The van der Waals surface area contributed by atoms with Gasteiger partial charge >= 0.3 is 12.1 Å². The minimum Gasteiger partial charge on any atom is -0.463 e. The van der Waals surface area contributed by atoms with Crippen LogP contribution in [0.5, 0.6) is 0 Å². The fraction of sp³-hybridized carbons (Fsp3) is 0.684. The summed E-state index contributed by atoms with van der Waals surface area (Å²) < 4.78 is 45.6. The number of piperidine rings is 1. The summed E-state index contributed by atoms with van der Waals surface area (Å²) in [6.07, 6.45) is -1.26. The van der Waals surface area contributed by atoms with Gasteiger partial charge in [-0.1, -0.05) is 18.6 Å². The number of carbonyl (C=O) groups excluding carboxylic acids is 2. The maximum atomic E-state index is 13.5. The molecule has 0 spiro atoms. The van der Waals surface area contributed by atoms with Crippen molar-refractivity contribution in [2.24, 2.45) is 11.3 Å². The second kappa shape index (κ2) is 6.43. The summed E-state index contributed by atoms with van der Waals surface area (Å²) in [5, 5.41) is 0. The number of fused-ring (bicyclic) bond motifs is 3. The van der Waals surface area contributed by atoms with Crippen molar-refractivity contribution < 1.29 is 27.5 Å². The molecule has 1 saturated carbocycles. The van der Waals surface area contributed by atoms with E-state index < -0.39 is 29.1 Å². The van der Waals surface area contributed by atoms with Crippen LogP contribution in [0.25, 0.3) is 0 Å². The number of likely N-dealkylation sites (tertiary alicyclic amines) is 1. The molecule has 3 aliphatic rings. The average Bonchev–Trinajstić information content (AvgIpc) is 2.57. The third kappa shape index (κ3) is 2.85. The summed E-state index contributed by atoms with van der Waals surface area (Å²) in [6.45, 7) is 3.64. The first-order chi connectivity index (χ1) is 12.1. The van der Waals surface area contributed by atoms with E-state index >= 15 is 0 Å². The zero-order valence-electron chi connectivity index (χ0n) is 15.3. The van der Waals surface area contributed by atoms with E-state index in [9.17, 15) is 22.8 Å². The quantitative estimate of drug-likeness (QED) is 0.548. The number of ether oxygens (including phenoxy) is 1. The van der Waals surface area contributed by atoms with Gasteiger partial charge in [0, 0.05) is 36.4 Å². The molecule has 0 aromatic heterocycles. The lowest BCUT2D eigenvalue weighted by Gasteiger charge is -2.54. The first kappa shape index (κ1) is 19.0. The Morgan fingerprint density at radius 3 is 2.69 bits per heavy atom. The topological polar surface area (TPSA) is 46.6 Å². The molecule has 2 fully saturated rings. The lowest BCUT2D eigenvalue weighted by Crippen LogP contribution is -2.56. The van der Waals surface area contributed by atoms with Gasteiger partial charge in [-0.2, -0.15) is 13.2 Å². The van der Waals surface area contributed by atoms with Crippen molar-refractivity contribution in [3.8, 4) is 0 Å². The molecule has 2 aliphatic carbocycles. The van der Waals surface area contributed by atoms with Crippen LogP contribution in [0.15, 0.2) is 22.8 Å². The summed E-state index contributed by atoms with van der Waals surface area (Å²) in [5.74, 6) is -1.38. The highest BCUT2D eigenvalue weighted by Crippen LogP contribution is 2.56. The summed E-state index contributed by atoms with van der Waals surface area (Å²) in [5.41, 5.74) is -0.548. The SMILES string of the molecule is CCOC(=O)C1=C(C(F)(F)F)CC=C2C1CCC1N(C)C(=O)CCC21C. The van der Waals surface area contributed by atoms with Gasteiger partial charge in [-0.25, -0.2) is 4.79 Å². The fourth-order valence-electron chi connectivity index (χ4n) is 4.99. The van der Waals surface area contributed by atoms with E-state index in [4.69, 9.17) is 4.74 Å². The summed E-state index contributed by atoms with van der Waals surface area (Å²) >= 11 is 0. The van der Waals surface area contributed by atoms with E-state index in [0.29, 0.717) is 25.7 Å². The summed E-state index contributed by atoms with van der Waals surface area (Å²) in [6, 6.07) is -0.0397. The highest BCUT2D eigenvalue weighted by Gasteiger charge is 2.54. The average molecular weight is 371 g/mol. The fourth-order valence-corrected chi connectivity index (χ4v) is 4.99. The molecule has 26 heavy (non-hydrogen) atoms. The van der Waals surface area contributed by atoms with Gasteiger partial charge in [0.15, 0.2) is 0 Å². The van der Waals surface area contributed by atoms with Gasteiger partial charge in [-0.3, -0.25) is 4.79 Å². The Morgan fingerprint density at radius 2 is 2.08 bits per heavy atom. The van der Waals surface area contributed by atoms with E-state index in [2.05, 4.69) is 0 Å². The first-order valence-electron chi connectivity index (χ1n) is 9.04. The molecule has 0 aromatic carbocycles. The number of hydrogen-bond acceptors (Lipinski definition) is 3. The lowest BCUT2D eigenvalue weighted by molar-refractivity contribution is -0.143. The van der Waals surface area contributed by atoms with Crippen LogP contribution in [0.1, 0.15) is 46.0 Å². The van der Waals surface area contributed by atoms with Crippen molar-refractivity contribution in [3.63, 3.8) is 0 Å². The lowest BCUT2D eigenvalue weighted by atomic mass is 9.57. The third-order valence-electron chi connectivity index (χ3n) is 6.26. The van der Waals surface area contributed by atoms with E-state index in [1.807, 2.05) is 6.92 Å². The van der Waals surface area contributed by atoms with Gasteiger partial charge in [-0.05, 0) is 32.6 Å². The number of esters is 1. The van der Waals surface area contributed by atoms with Gasteiger partial charge in [0.2, 0.25) is 5.91 Å². The number of carbonyl (C=O) groups is 2. The Morgan fingerprint density at radius 1 is 1.38 bits per heavy atom. The molecule has 0 aromatic rings. The van der Waals surface area contributed by atoms with E-state index in [1.54, 1.807) is 24.9 Å². The zero-order valence-corrected chi connectivity index (χ0v) is 15.3. The van der Waals surface area contributed by atoms with Crippen LogP contribution in [-0.4, -0.2) is 42.6 Å². The molecule has 4 nitrogen and oxygen atoms in total. The zero-order chi connectivity index (χ0) is 19.3. The minimum atomic E-state index is -4.55. The second-order valence-corrected chi connectivity index (χ2v) is 7.54. The van der Waals surface area contributed by atoms with Crippen LogP contribution in [-0.2, 0) is 14.3 Å². The molecule has 3 unspecified atom stereocenters. The van der Waals surface area contributed by atoms with Gasteiger partial charge in [0.05, 0.1) is 12.2 Å². The Bertz CT molecular complexity index is 695. The minimum absolute atomic E-state index is 0.0381. The van der Waals surface area contributed by atoms with Crippen molar-refractivity contribution in [1.82, 2.24) is 4.90 Å². The maximum Gasteiger partial charge on any atom is 0.413 e. The molecule has 1 aliphatic heterocycles. The Kier molecular flexibility index (Phi) is 4.69. The largest absolute Gasteiger partial charge is 0.463 e. The molecular formula is C19H24F3NO3. The smallest absolute Gasteiger partial charge is 0.413 e. The standard InChI is InChI=1S/C19H24F3NO3/c1-4-26-17(25)16-11-5-8-14-18(2,10-9-15(24)23(14)3)12(11)6-7-13(16)19(20,21)22/h6,11,14H,4-5,7-10H2,1-3H3. The number of halogens is 3. The summed E-state index contributed by atoms with van der Waals surface area (Å²) in [7, 11) is 1.76. The maximum absolute atomic E-state index is 13.5. The van der Waals surface area contributed by atoms with Crippen molar-refractivity contribution in [2.45, 2.75) is 58.2 Å². The van der Waals surface area contributed by atoms with E-state index in [0.717, 1.165) is 5.57 Å². The molecule has 0 bridgehead atoms. The van der Waals surface area contributed by atoms with E-state index in [1.165, 1.54) is 0 Å². The third-order valence-corrected chi connectivity index (χ3v) is 6.26. The van der Waals surface area contributed by atoms with Gasteiger partial charge < -0.3 is 9.64 Å². The summed E-state index contributed by atoms with van der Waals surface area (Å²) in [4.78, 5) is 26.2. The van der Waals surface area contributed by atoms with Crippen molar-refractivity contribution in [3.05, 3.63) is 22.8 Å². The number of amides is 1. The molecule has 1 heterocycles. The van der Waals surface area contributed by atoms with Crippen molar-refractivity contribution in [2.75, 3.05) is 13.7 Å². The van der Waals surface area contributed by atoms with Crippen molar-refractivity contribution >= 4 is 11.9 Å². The second-order valence-electron chi connectivity index (χ2n) is 7.54. The highest BCUT2D eigenvalue weighted by atomic mass is 19.4. The number of alkyl halides is 3. The molecule has 3 atom stereocenters. The van der Waals surface area contributed by atoms with Crippen LogP contribution >= 0.6 is 0 Å². The van der Waals surface area contributed by atoms with Gasteiger partial charge in [-0.15, -0.1) is 0 Å². The monoisotopic (exact) mass is 371 g/mol. The Balaban J connectivity index is 2.04. The number of hydrogen-bond donors (Lipinski definition) is 0. The van der Waals surface area contributed by atoms with Crippen LogP contribution in [0.4, 0.5) is 13.2 Å². The number of rotatable bonds is 2. The van der Waals surface area contributed by atoms with Crippen molar-refractivity contribution in [1.29, 1.82) is 0 Å². The first-order valence-corrected chi connectivity index (χ1v) is 9.04. The van der Waals surface area contributed by atoms with Crippen LogP contribution < -0.4 is 0 Å². The predicted molar refractivity (Wildman–Crippen MR) is 89.0 cm³/mol. The molecular weight excluding hydrogens is 347 g/mol. The molecule has 1 saturated heterocycles. The molecule has 0 N–H and O–H groups in total. The van der Waals surface area contributed by atoms with Crippen LogP contribution in [0.2, 0.25) is 0 Å². The van der Waals surface area contributed by atoms with Gasteiger partial charge in [0.25, 0.3) is 0 Å². The Hall–Kier alpha value is -1.79. The molecule has 3 rings (SSSR count). The number of allylic oxidation sites excluding steroid dienone is 2. The molecule has 7 heteroatoms. The molecule has 1 amide bonds. The normalized spacial score (nSPS) is 32.0. The van der Waals surface area contributed by atoms with Crippen LogP contribution in [0.3, 0.4) is 0 Å².